The third-order valence-corrected chi connectivity index (χ3v) is 16.7. The molecule has 3 saturated heterocycles. The molecule has 2 spiro atoms. The van der Waals surface area contributed by atoms with E-state index in [1.807, 2.05) is 97.3 Å². The molecule has 0 saturated carbocycles. The Labute approximate surface area is 302 Å². The summed E-state index contributed by atoms with van der Waals surface area (Å²) in [4.78, 5) is 26.9. The van der Waals surface area contributed by atoms with E-state index in [9.17, 15) is 9.59 Å². The van der Waals surface area contributed by atoms with Gasteiger partial charge in [-0.2, -0.15) is 0 Å². The summed E-state index contributed by atoms with van der Waals surface area (Å²) in [6.45, 7) is 3.58. The summed E-state index contributed by atoms with van der Waals surface area (Å²) < 4.78 is 23.6. The number of hydrogen-bond acceptors (Lipinski definition) is 10. The molecule has 0 amide bonds. The average Bonchev–Trinajstić information content (AvgIpc) is 3.95. The third-order valence-electron chi connectivity index (χ3n) is 9.79. The fourth-order valence-electron chi connectivity index (χ4n) is 7.78. The Bertz CT molecular complexity index is 1860. The van der Waals surface area contributed by atoms with E-state index in [0.717, 1.165) is 34.1 Å². The molecule has 10 heteroatoms. The van der Waals surface area contributed by atoms with Crippen molar-refractivity contribution in [1.29, 1.82) is 0 Å². The van der Waals surface area contributed by atoms with E-state index in [2.05, 4.69) is 48.5 Å². The van der Waals surface area contributed by atoms with Crippen LogP contribution in [0.3, 0.4) is 0 Å². The first-order valence-corrected chi connectivity index (χ1v) is 20.5. The molecule has 3 heterocycles. The van der Waals surface area contributed by atoms with E-state index < -0.39 is 29.9 Å². The maximum atomic E-state index is 13.5. The lowest BCUT2D eigenvalue weighted by molar-refractivity contribution is -0.151. The van der Waals surface area contributed by atoms with Crippen LogP contribution in [0.1, 0.15) is 56.8 Å². The van der Waals surface area contributed by atoms with Crippen LogP contribution in [0, 0.1) is 0 Å². The highest BCUT2D eigenvalue weighted by Gasteiger charge is 2.49. The molecule has 2 aliphatic carbocycles. The summed E-state index contributed by atoms with van der Waals surface area (Å²) in [5.41, 5.74) is 10.8. The van der Waals surface area contributed by atoms with Crippen molar-refractivity contribution < 1.29 is 28.5 Å². The van der Waals surface area contributed by atoms with Crippen molar-refractivity contribution in [3.05, 3.63) is 118 Å². The van der Waals surface area contributed by atoms with Crippen LogP contribution in [-0.2, 0) is 27.1 Å². The molecule has 0 unspecified atom stereocenters. The van der Waals surface area contributed by atoms with Crippen molar-refractivity contribution in [3.8, 4) is 22.3 Å². The Kier molecular flexibility index (Phi) is 7.94. The van der Waals surface area contributed by atoms with Crippen molar-refractivity contribution in [3.63, 3.8) is 0 Å². The highest BCUT2D eigenvalue weighted by Crippen LogP contribution is 2.65. The standard InChI is InChI=1S/C39H34O6S4/c1-37(2)44-33(21-42-35(40)23-11-13-27-25-7-3-5-9-29(25)38(31(27)19-23)46-15-16-47-38)34(45-37)22-43-36(41)24-12-14-28-26-8-4-6-10-30(26)39(32(28)20-24)48-17-18-49-39/h3-14,19-20,33-34H,15-18,21-22H2,1-2H3/t33-,34-/m0/s1. The fraction of sp³-hybridized carbons (Fsp3) is 0.333. The van der Waals surface area contributed by atoms with Gasteiger partial charge in [-0.05, 0) is 82.6 Å². The zero-order valence-electron chi connectivity index (χ0n) is 27.1. The van der Waals surface area contributed by atoms with E-state index >= 15 is 0 Å². The number of carbonyl (C=O) groups excluding carboxylic acids is 2. The van der Waals surface area contributed by atoms with Crippen LogP contribution in [0.5, 0.6) is 0 Å². The molecule has 0 N–H and O–H groups in total. The number of fused-ring (bicyclic) bond motifs is 10. The minimum absolute atomic E-state index is 0.0233. The van der Waals surface area contributed by atoms with Gasteiger partial charge < -0.3 is 18.9 Å². The van der Waals surface area contributed by atoms with Gasteiger partial charge in [0.1, 0.15) is 33.6 Å². The SMILES string of the molecule is CC1(C)O[C@@H](COC(=O)c2ccc3c(c2)C2(SCCS2)c2ccccc2-3)[C@H](COC(=O)c2ccc3c(c2)C2(SCCS2)c2ccccc2-3)O1. The average molecular weight is 727 g/mol. The lowest BCUT2D eigenvalue weighted by atomic mass is 10.0. The molecule has 0 radical (unpaired) electrons. The molecule has 250 valence electrons. The van der Waals surface area contributed by atoms with Crippen LogP contribution in [-0.4, -0.2) is 66.2 Å². The van der Waals surface area contributed by atoms with E-state index in [4.69, 9.17) is 18.9 Å². The van der Waals surface area contributed by atoms with E-state index in [-0.39, 0.29) is 21.4 Å². The minimum atomic E-state index is -0.917. The van der Waals surface area contributed by atoms with Crippen molar-refractivity contribution in [2.24, 2.45) is 0 Å². The summed E-state index contributed by atoms with van der Waals surface area (Å²) in [5, 5.41) is 0. The second kappa shape index (κ2) is 12.1. The van der Waals surface area contributed by atoms with Gasteiger partial charge in [0.25, 0.3) is 0 Å². The maximum absolute atomic E-state index is 13.5. The van der Waals surface area contributed by atoms with Gasteiger partial charge in [0.15, 0.2) is 5.79 Å². The lowest BCUT2D eigenvalue weighted by Gasteiger charge is -2.25. The van der Waals surface area contributed by atoms with E-state index in [0.29, 0.717) is 11.1 Å². The monoisotopic (exact) mass is 726 g/mol. The largest absolute Gasteiger partial charge is 0.459 e. The molecular formula is C39H34O6S4. The Morgan fingerprint density at radius 3 is 1.41 bits per heavy atom. The van der Waals surface area contributed by atoms with Crippen molar-refractivity contribution in [1.82, 2.24) is 0 Å². The summed E-state index contributed by atoms with van der Waals surface area (Å²) in [7, 11) is 0. The summed E-state index contributed by atoms with van der Waals surface area (Å²) in [6.07, 6.45) is -1.19. The van der Waals surface area contributed by atoms with Gasteiger partial charge in [0.2, 0.25) is 0 Å². The normalized spacial score (nSPS) is 22.9. The predicted molar refractivity (Wildman–Crippen MR) is 200 cm³/mol. The van der Waals surface area contributed by atoms with E-state index in [1.165, 1.54) is 33.4 Å². The topological polar surface area (TPSA) is 71.1 Å². The van der Waals surface area contributed by atoms with Crippen LogP contribution in [0.15, 0.2) is 84.9 Å². The number of benzene rings is 4. The molecule has 6 nitrogen and oxygen atoms in total. The van der Waals surface area contributed by atoms with Gasteiger partial charge in [-0.15, -0.1) is 47.0 Å². The molecule has 0 bridgehead atoms. The van der Waals surface area contributed by atoms with Crippen LogP contribution in [0.4, 0.5) is 0 Å². The molecule has 3 aliphatic heterocycles. The number of hydrogen-bond donors (Lipinski definition) is 0. The number of thioether (sulfide) groups is 4. The molecule has 49 heavy (non-hydrogen) atoms. The van der Waals surface area contributed by atoms with Crippen molar-refractivity contribution in [2.45, 2.75) is 40.0 Å². The summed E-state index contributed by atoms with van der Waals surface area (Å²) in [5.74, 6) is 2.50. The van der Waals surface area contributed by atoms with Crippen molar-refractivity contribution >= 4 is 59.0 Å². The van der Waals surface area contributed by atoms with Gasteiger partial charge in [-0.1, -0.05) is 60.7 Å². The van der Waals surface area contributed by atoms with Gasteiger partial charge in [-0.25, -0.2) is 9.59 Å². The minimum Gasteiger partial charge on any atom is -0.459 e. The molecule has 4 aromatic carbocycles. The molecular weight excluding hydrogens is 693 g/mol. The quantitative estimate of drug-likeness (QED) is 0.181. The van der Waals surface area contributed by atoms with Gasteiger partial charge in [-0.3, -0.25) is 0 Å². The Balaban J connectivity index is 0.887. The Hall–Kier alpha value is -2.86. The van der Waals surface area contributed by atoms with Crippen LogP contribution in [0.2, 0.25) is 0 Å². The predicted octanol–water partition coefficient (Wildman–Crippen LogP) is 8.54. The highest BCUT2D eigenvalue weighted by molar-refractivity contribution is 8.21. The zero-order chi connectivity index (χ0) is 33.4. The molecule has 3 fully saturated rings. The first kappa shape index (κ1) is 32.1. The number of rotatable bonds is 6. The maximum Gasteiger partial charge on any atom is 0.338 e. The molecule has 4 aromatic rings. The van der Waals surface area contributed by atoms with Crippen LogP contribution >= 0.6 is 47.0 Å². The summed E-state index contributed by atoms with van der Waals surface area (Å²) in [6, 6.07) is 28.9. The van der Waals surface area contributed by atoms with Crippen molar-refractivity contribution in [2.75, 3.05) is 36.2 Å². The molecule has 5 aliphatic rings. The molecule has 9 rings (SSSR count). The highest BCUT2D eigenvalue weighted by atomic mass is 32.2. The van der Waals surface area contributed by atoms with Crippen LogP contribution < -0.4 is 0 Å². The molecule has 2 atom stereocenters. The smallest absolute Gasteiger partial charge is 0.338 e. The van der Waals surface area contributed by atoms with Gasteiger partial charge in [0, 0.05) is 23.0 Å². The number of ether oxygens (including phenoxy) is 4. The third kappa shape index (κ3) is 5.20. The van der Waals surface area contributed by atoms with Gasteiger partial charge in [0.05, 0.1) is 11.1 Å². The first-order valence-electron chi connectivity index (χ1n) is 16.5. The summed E-state index contributed by atoms with van der Waals surface area (Å²) >= 11 is 7.75. The Morgan fingerprint density at radius 2 is 0.980 bits per heavy atom. The molecule has 0 aromatic heterocycles. The van der Waals surface area contributed by atoms with E-state index in [1.54, 1.807) is 0 Å². The number of carbonyl (C=O) groups is 2. The number of esters is 2. The van der Waals surface area contributed by atoms with Crippen LogP contribution in [0.25, 0.3) is 22.3 Å². The fourth-order valence-corrected chi connectivity index (χ4v) is 14.6. The van der Waals surface area contributed by atoms with Gasteiger partial charge >= 0.3 is 11.9 Å². The Morgan fingerprint density at radius 1 is 0.592 bits per heavy atom. The second-order valence-corrected chi connectivity index (χ2v) is 18.9. The second-order valence-electron chi connectivity index (χ2n) is 13.1. The lowest BCUT2D eigenvalue weighted by Crippen LogP contribution is -2.33. The first-order chi connectivity index (χ1) is 23.8. The zero-order valence-corrected chi connectivity index (χ0v) is 30.3.